The first-order valence-electron chi connectivity index (χ1n) is 11.2. The molecule has 0 saturated heterocycles. The molecule has 14 heteroatoms. The lowest BCUT2D eigenvalue weighted by Crippen LogP contribution is -2.40. The molecule has 0 saturated carbocycles. The predicted octanol–water partition coefficient (Wildman–Crippen LogP) is 2.97. The lowest BCUT2D eigenvalue weighted by molar-refractivity contribution is -0.387. The van der Waals surface area contributed by atoms with Crippen molar-refractivity contribution in [3.05, 3.63) is 76.3 Å². The van der Waals surface area contributed by atoms with Crippen LogP contribution in [-0.4, -0.2) is 60.4 Å². The number of sulfonamides is 1. The predicted molar refractivity (Wildman–Crippen MR) is 142 cm³/mol. The Hall–Kier alpha value is -4.85. The fourth-order valence-electron chi connectivity index (χ4n) is 3.50. The van der Waals surface area contributed by atoms with Crippen LogP contribution in [0.3, 0.4) is 0 Å². The molecule has 0 radical (unpaired) electrons. The molecule has 0 aliphatic heterocycles. The van der Waals surface area contributed by atoms with Crippen molar-refractivity contribution in [3.63, 3.8) is 0 Å². The van der Waals surface area contributed by atoms with Gasteiger partial charge < -0.3 is 18.9 Å². The molecule has 0 fully saturated rings. The van der Waals surface area contributed by atoms with E-state index < -0.39 is 38.0 Å². The van der Waals surface area contributed by atoms with Crippen molar-refractivity contribution in [2.45, 2.75) is 4.90 Å². The van der Waals surface area contributed by atoms with Crippen LogP contribution in [-0.2, 0) is 14.8 Å². The van der Waals surface area contributed by atoms with E-state index in [0.29, 0.717) is 27.1 Å². The zero-order valence-corrected chi connectivity index (χ0v) is 22.3. The van der Waals surface area contributed by atoms with E-state index in [9.17, 15) is 23.3 Å². The van der Waals surface area contributed by atoms with Crippen molar-refractivity contribution in [2.75, 3.05) is 39.3 Å². The van der Waals surface area contributed by atoms with E-state index in [1.54, 1.807) is 18.2 Å². The standard InChI is InChI=1S/C25H26N4O9S/c1-35-18-10-9-17(22(13-18)37-3)15-26-27-25(30)16-28(20-12-11-19(36-2)14-23(20)38-4)39(33,34)24-8-6-5-7-21(24)29(31)32/h5-15H,16H2,1-4H3,(H,27,30)/b26-15-. The van der Waals surface area contributed by atoms with Gasteiger partial charge in [-0.2, -0.15) is 5.10 Å². The molecule has 39 heavy (non-hydrogen) atoms. The van der Waals surface area contributed by atoms with Crippen molar-refractivity contribution in [1.82, 2.24) is 5.43 Å². The highest BCUT2D eigenvalue weighted by Crippen LogP contribution is 2.37. The number of carbonyl (C=O) groups is 1. The highest BCUT2D eigenvalue weighted by Gasteiger charge is 2.34. The van der Waals surface area contributed by atoms with Crippen molar-refractivity contribution < 1.29 is 37.1 Å². The Morgan fingerprint density at radius 2 is 1.56 bits per heavy atom. The molecule has 206 valence electrons. The maximum absolute atomic E-state index is 13.7. The van der Waals surface area contributed by atoms with Gasteiger partial charge in [-0.3, -0.25) is 19.2 Å². The molecule has 0 aliphatic rings. The quantitative estimate of drug-likeness (QED) is 0.200. The number of hydrazone groups is 1. The van der Waals surface area contributed by atoms with Gasteiger partial charge in [0.2, 0.25) is 0 Å². The fraction of sp³-hybridized carbons (Fsp3) is 0.200. The third-order valence-corrected chi connectivity index (χ3v) is 7.21. The molecule has 1 N–H and O–H groups in total. The van der Waals surface area contributed by atoms with Crippen molar-refractivity contribution >= 4 is 33.5 Å². The van der Waals surface area contributed by atoms with E-state index >= 15 is 0 Å². The normalized spacial score (nSPS) is 11.1. The van der Waals surface area contributed by atoms with E-state index in [-0.39, 0.29) is 11.4 Å². The molecular formula is C25H26N4O9S. The van der Waals surface area contributed by atoms with Gasteiger partial charge in [-0.05, 0) is 30.3 Å². The summed E-state index contributed by atoms with van der Waals surface area (Å²) in [6.07, 6.45) is 1.31. The summed E-state index contributed by atoms with van der Waals surface area (Å²) < 4.78 is 49.1. The number of nitrogens with zero attached hydrogens (tertiary/aromatic N) is 3. The number of nitro benzene ring substituents is 1. The summed E-state index contributed by atoms with van der Waals surface area (Å²) in [6, 6.07) is 14.0. The lowest BCUT2D eigenvalue weighted by Gasteiger charge is -2.25. The number of methoxy groups -OCH3 is 4. The Morgan fingerprint density at radius 3 is 2.18 bits per heavy atom. The highest BCUT2D eigenvalue weighted by molar-refractivity contribution is 7.93. The molecule has 0 unspecified atom stereocenters. The summed E-state index contributed by atoms with van der Waals surface area (Å²) in [5.74, 6) is 0.559. The first kappa shape index (κ1) is 28.7. The van der Waals surface area contributed by atoms with Crippen LogP contribution in [0.5, 0.6) is 23.0 Å². The summed E-state index contributed by atoms with van der Waals surface area (Å²) in [5, 5.41) is 15.5. The summed E-state index contributed by atoms with van der Waals surface area (Å²) >= 11 is 0. The smallest absolute Gasteiger partial charge is 0.289 e. The molecule has 0 aromatic heterocycles. The molecular weight excluding hydrogens is 532 g/mol. The number of carbonyl (C=O) groups excluding carboxylic acids is 1. The van der Waals surface area contributed by atoms with E-state index in [2.05, 4.69) is 10.5 Å². The first-order chi connectivity index (χ1) is 18.7. The van der Waals surface area contributed by atoms with E-state index in [4.69, 9.17) is 18.9 Å². The Balaban J connectivity index is 1.99. The molecule has 0 aliphatic carbocycles. The van der Waals surface area contributed by atoms with Crippen LogP contribution in [0.25, 0.3) is 0 Å². The van der Waals surface area contributed by atoms with Gasteiger partial charge in [0.05, 0.1) is 45.3 Å². The zero-order chi connectivity index (χ0) is 28.6. The van der Waals surface area contributed by atoms with Gasteiger partial charge in [0, 0.05) is 23.8 Å². The summed E-state index contributed by atoms with van der Waals surface area (Å²) in [5.41, 5.74) is 2.08. The second-order valence-corrected chi connectivity index (χ2v) is 9.51. The molecule has 3 aromatic rings. The average Bonchev–Trinajstić information content (AvgIpc) is 2.95. The van der Waals surface area contributed by atoms with Gasteiger partial charge >= 0.3 is 0 Å². The van der Waals surface area contributed by atoms with Crippen molar-refractivity contribution in [2.24, 2.45) is 5.10 Å². The number of nitrogens with one attached hydrogen (secondary N) is 1. The van der Waals surface area contributed by atoms with Crippen LogP contribution in [0.15, 0.2) is 70.7 Å². The van der Waals surface area contributed by atoms with Crippen LogP contribution in [0, 0.1) is 10.1 Å². The molecule has 3 aromatic carbocycles. The third kappa shape index (κ3) is 6.54. The Bertz CT molecular complexity index is 1490. The van der Waals surface area contributed by atoms with Crippen LogP contribution in [0.2, 0.25) is 0 Å². The van der Waals surface area contributed by atoms with Gasteiger partial charge in [0.1, 0.15) is 29.5 Å². The highest BCUT2D eigenvalue weighted by atomic mass is 32.2. The number of hydrogen-bond acceptors (Lipinski definition) is 10. The van der Waals surface area contributed by atoms with Crippen LogP contribution in [0.1, 0.15) is 5.56 Å². The first-order valence-corrected chi connectivity index (χ1v) is 12.6. The van der Waals surface area contributed by atoms with E-state index in [0.717, 1.165) is 12.1 Å². The Morgan fingerprint density at radius 1 is 0.949 bits per heavy atom. The Labute approximate surface area is 224 Å². The van der Waals surface area contributed by atoms with Gasteiger partial charge in [0.25, 0.3) is 21.6 Å². The average molecular weight is 559 g/mol. The minimum atomic E-state index is -4.65. The maximum atomic E-state index is 13.7. The van der Waals surface area contributed by atoms with Gasteiger partial charge in [0.15, 0.2) is 4.90 Å². The minimum absolute atomic E-state index is 0.0487. The Kier molecular flexibility index (Phi) is 9.28. The van der Waals surface area contributed by atoms with Crippen molar-refractivity contribution in [3.8, 4) is 23.0 Å². The third-order valence-electron chi connectivity index (χ3n) is 5.41. The monoisotopic (exact) mass is 558 g/mol. The van der Waals surface area contributed by atoms with Crippen LogP contribution in [0.4, 0.5) is 11.4 Å². The number of ether oxygens (including phenoxy) is 4. The maximum Gasteiger partial charge on any atom is 0.289 e. The number of para-hydroxylation sites is 1. The van der Waals surface area contributed by atoms with Gasteiger partial charge in [-0.15, -0.1) is 0 Å². The second kappa shape index (κ2) is 12.6. The minimum Gasteiger partial charge on any atom is -0.497 e. The molecule has 0 heterocycles. The number of amides is 1. The second-order valence-electron chi connectivity index (χ2n) is 7.68. The van der Waals surface area contributed by atoms with Gasteiger partial charge in [-0.1, -0.05) is 12.1 Å². The molecule has 0 atom stereocenters. The molecule has 1 amide bonds. The number of benzene rings is 3. The number of hydrogen-bond donors (Lipinski definition) is 1. The summed E-state index contributed by atoms with van der Waals surface area (Å²) in [7, 11) is 1.04. The number of rotatable bonds is 12. The summed E-state index contributed by atoms with van der Waals surface area (Å²) in [6.45, 7) is -0.784. The zero-order valence-electron chi connectivity index (χ0n) is 21.5. The van der Waals surface area contributed by atoms with E-state index in [1.807, 2.05) is 0 Å². The number of anilines is 1. The molecule has 0 bridgehead atoms. The molecule has 0 spiro atoms. The SMILES string of the molecule is COc1ccc(/C=N\NC(=O)CN(c2ccc(OC)cc2OC)S(=O)(=O)c2ccccc2[N+](=O)[O-])c(OC)c1. The fourth-order valence-corrected chi connectivity index (χ4v) is 5.09. The van der Waals surface area contributed by atoms with E-state index in [1.165, 1.54) is 65.0 Å². The lowest BCUT2D eigenvalue weighted by atomic mass is 10.2. The number of nitro groups is 1. The molecule has 13 nitrogen and oxygen atoms in total. The van der Waals surface area contributed by atoms with Crippen LogP contribution >= 0.6 is 0 Å². The van der Waals surface area contributed by atoms with Gasteiger partial charge in [-0.25, -0.2) is 13.8 Å². The summed E-state index contributed by atoms with van der Waals surface area (Å²) in [4.78, 5) is 23.1. The molecule has 3 rings (SSSR count). The topological polar surface area (TPSA) is 159 Å². The largest absolute Gasteiger partial charge is 0.497 e. The van der Waals surface area contributed by atoms with Crippen LogP contribution < -0.4 is 28.7 Å². The van der Waals surface area contributed by atoms with Crippen molar-refractivity contribution in [1.29, 1.82) is 0 Å².